The van der Waals surface area contributed by atoms with Crippen LogP contribution in [0.15, 0.2) is 30.5 Å². The number of aromatic nitrogens is 2. The number of H-pyrrole nitrogens is 1. The number of piperidine rings is 1. The van der Waals surface area contributed by atoms with Crippen LogP contribution in [0.25, 0.3) is 0 Å². The fourth-order valence-corrected chi connectivity index (χ4v) is 3.08. The third kappa shape index (κ3) is 3.50. The van der Waals surface area contributed by atoms with Gasteiger partial charge in [0.15, 0.2) is 0 Å². The van der Waals surface area contributed by atoms with Crippen LogP contribution in [0, 0.1) is 6.92 Å². The Bertz CT molecular complexity index is 650. The van der Waals surface area contributed by atoms with Crippen LogP contribution in [0.2, 0.25) is 5.02 Å². The average Bonchev–Trinajstić information content (AvgIpc) is 2.96. The largest absolute Gasteiger partial charge is 0.346 e. The molecule has 1 atom stereocenters. The van der Waals surface area contributed by atoms with Crippen LogP contribution >= 0.6 is 11.6 Å². The van der Waals surface area contributed by atoms with E-state index >= 15 is 0 Å². The van der Waals surface area contributed by atoms with Crippen molar-refractivity contribution in [1.82, 2.24) is 14.9 Å². The lowest BCUT2D eigenvalue weighted by Crippen LogP contribution is -2.40. The second-order valence-electron chi connectivity index (χ2n) is 5.93. The van der Waals surface area contributed by atoms with Gasteiger partial charge in [-0.25, -0.2) is 4.98 Å². The van der Waals surface area contributed by atoms with Gasteiger partial charge in [0.1, 0.15) is 5.82 Å². The Morgan fingerprint density at radius 3 is 2.86 bits per heavy atom. The summed E-state index contributed by atoms with van der Waals surface area (Å²) in [5, 5.41) is 0.697. The molecule has 116 valence electrons. The number of aromatic amines is 1. The maximum atomic E-state index is 12.5. The Morgan fingerprint density at radius 1 is 1.41 bits per heavy atom. The van der Waals surface area contributed by atoms with Crippen molar-refractivity contribution in [3.05, 3.63) is 52.6 Å². The molecule has 1 amide bonds. The van der Waals surface area contributed by atoms with E-state index in [1.54, 1.807) is 0 Å². The van der Waals surface area contributed by atoms with Crippen LogP contribution < -0.4 is 0 Å². The van der Waals surface area contributed by atoms with Crippen LogP contribution in [0.5, 0.6) is 0 Å². The van der Waals surface area contributed by atoms with Crippen molar-refractivity contribution >= 4 is 17.5 Å². The van der Waals surface area contributed by atoms with Crippen LogP contribution in [0.3, 0.4) is 0 Å². The molecular weight excluding hydrogens is 298 g/mol. The number of hydrogen-bond acceptors (Lipinski definition) is 2. The molecule has 1 aliphatic rings. The normalized spacial score (nSPS) is 18.5. The van der Waals surface area contributed by atoms with E-state index in [1.165, 1.54) is 0 Å². The molecule has 2 heterocycles. The zero-order valence-corrected chi connectivity index (χ0v) is 13.4. The van der Waals surface area contributed by atoms with E-state index < -0.39 is 0 Å². The average molecular weight is 318 g/mol. The van der Waals surface area contributed by atoms with Gasteiger partial charge in [-0.3, -0.25) is 4.79 Å². The number of rotatable bonds is 3. The van der Waals surface area contributed by atoms with Gasteiger partial charge in [0.05, 0.1) is 6.42 Å². The van der Waals surface area contributed by atoms with E-state index in [1.807, 2.05) is 42.3 Å². The predicted molar refractivity (Wildman–Crippen MR) is 87.0 cm³/mol. The number of halogens is 1. The first-order valence-corrected chi connectivity index (χ1v) is 8.03. The monoisotopic (exact) mass is 317 g/mol. The summed E-state index contributed by atoms with van der Waals surface area (Å²) in [7, 11) is 0. The number of nitrogens with one attached hydrogen (secondary N) is 1. The summed E-state index contributed by atoms with van der Waals surface area (Å²) in [6.45, 7) is 3.59. The number of imidazole rings is 1. The molecule has 1 aliphatic heterocycles. The standard InChI is InChI=1S/C17H20ClN3O/c1-12-10-19-17(20-12)14-3-2-8-21(11-14)16(22)9-13-4-6-15(18)7-5-13/h4-7,10,14H,2-3,8-9,11H2,1H3,(H,19,20). The second-order valence-corrected chi connectivity index (χ2v) is 6.37. The smallest absolute Gasteiger partial charge is 0.227 e. The van der Waals surface area contributed by atoms with Crippen LogP contribution in [0.4, 0.5) is 0 Å². The number of amides is 1. The summed E-state index contributed by atoms with van der Waals surface area (Å²) in [6.07, 6.45) is 4.39. The maximum absolute atomic E-state index is 12.5. The molecule has 0 aliphatic carbocycles. The minimum Gasteiger partial charge on any atom is -0.346 e. The number of carbonyl (C=O) groups excluding carboxylic acids is 1. The number of aryl methyl sites for hydroxylation is 1. The Balaban J connectivity index is 1.63. The zero-order valence-electron chi connectivity index (χ0n) is 12.7. The number of benzene rings is 1. The van der Waals surface area contributed by atoms with Crippen molar-refractivity contribution in [3.63, 3.8) is 0 Å². The molecule has 1 fully saturated rings. The number of nitrogens with zero attached hydrogens (tertiary/aromatic N) is 2. The van der Waals surface area contributed by atoms with Gasteiger partial charge in [0.2, 0.25) is 5.91 Å². The Kier molecular flexibility index (Phi) is 4.48. The van der Waals surface area contributed by atoms with Gasteiger partial charge in [-0.2, -0.15) is 0 Å². The van der Waals surface area contributed by atoms with E-state index in [0.29, 0.717) is 17.4 Å². The molecular formula is C17H20ClN3O. The van der Waals surface area contributed by atoms with Gasteiger partial charge in [-0.05, 0) is 37.5 Å². The van der Waals surface area contributed by atoms with Gasteiger partial charge in [-0.15, -0.1) is 0 Å². The van der Waals surface area contributed by atoms with Crippen molar-refractivity contribution in [2.75, 3.05) is 13.1 Å². The first kappa shape index (κ1) is 15.1. The molecule has 0 saturated carbocycles. The molecule has 0 bridgehead atoms. The molecule has 1 unspecified atom stereocenters. The summed E-state index contributed by atoms with van der Waals surface area (Å²) in [5.41, 5.74) is 2.07. The Hall–Kier alpha value is -1.81. The van der Waals surface area contributed by atoms with Crippen LogP contribution in [-0.4, -0.2) is 33.9 Å². The Morgan fingerprint density at radius 2 is 2.18 bits per heavy atom. The summed E-state index contributed by atoms with van der Waals surface area (Å²) >= 11 is 5.88. The maximum Gasteiger partial charge on any atom is 0.227 e. The van der Waals surface area contributed by atoms with Crippen molar-refractivity contribution < 1.29 is 4.79 Å². The first-order valence-electron chi connectivity index (χ1n) is 7.65. The van der Waals surface area contributed by atoms with E-state index in [9.17, 15) is 4.79 Å². The van der Waals surface area contributed by atoms with Crippen LogP contribution in [0.1, 0.15) is 35.8 Å². The zero-order chi connectivity index (χ0) is 15.5. The molecule has 4 nitrogen and oxygen atoms in total. The van der Waals surface area contributed by atoms with Crippen LogP contribution in [-0.2, 0) is 11.2 Å². The van der Waals surface area contributed by atoms with Gasteiger partial charge in [0.25, 0.3) is 0 Å². The molecule has 0 spiro atoms. The molecule has 2 aromatic rings. The minimum atomic E-state index is 0.176. The highest BCUT2D eigenvalue weighted by Gasteiger charge is 2.26. The van der Waals surface area contributed by atoms with E-state index in [2.05, 4.69) is 9.97 Å². The highest BCUT2D eigenvalue weighted by molar-refractivity contribution is 6.30. The lowest BCUT2D eigenvalue weighted by atomic mass is 9.96. The molecule has 0 radical (unpaired) electrons. The second kappa shape index (κ2) is 6.53. The molecule has 3 rings (SSSR count). The predicted octanol–water partition coefficient (Wildman–Crippen LogP) is 3.32. The topological polar surface area (TPSA) is 49.0 Å². The van der Waals surface area contributed by atoms with Gasteiger partial charge >= 0.3 is 0 Å². The van der Waals surface area contributed by atoms with Crippen molar-refractivity contribution in [2.24, 2.45) is 0 Å². The van der Waals surface area contributed by atoms with Crippen molar-refractivity contribution in [3.8, 4) is 0 Å². The minimum absolute atomic E-state index is 0.176. The molecule has 1 N–H and O–H groups in total. The third-order valence-electron chi connectivity index (χ3n) is 4.15. The first-order chi connectivity index (χ1) is 10.6. The highest BCUT2D eigenvalue weighted by Crippen LogP contribution is 2.25. The molecule has 1 aromatic carbocycles. The van der Waals surface area contributed by atoms with E-state index in [4.69, 9.17) is 11.6 Å². The fraction of sp³-hybridized carbons (Fsp3) is 0.412. The molecule has 1 aromatic heterocycles. The fourth-order valence-electron chi connectivity index (χ4n) is 2.96. The number of likely N-dealkylation sites (tertiary alicyclic amines) is 1. The Labute approximate surface area is 135 Å². The van der Waals surface area contributed by atoms with Gasteiger partial charge in [-0.1, -0.05) is 23.7 Å². The summed E-state index contributed by atoms with van der Waals surface area (Å²) in [6, 6.07) is 7.48. The molecule has 22 heavy (non-hydrogen) atoms. The van der Waals surface area contributed by atoms with Crippen molar-refractivity contribution in [2.45, 2.75) is 32.1 Å². The van der Waals surface area contributed by atoms with Gasteiger partial charge in [0, 0.05) is 35.9 Å². The highest BCUT2D eigenvalue weighted by atomic mass is 35.5. The van der Waals surface area contributed by atoms with E-state index in [-0.39, 0.29) is 5.91 Å². The summed E-state index contributed by atoms with van der Waals surface area (Å²) in [4.78, 5) is 22.2. The molecule has 5 heteroatoms. The lowest BCUT2D eigenvalue weighted by molar-refractivity contribution is -0.131. The lowest BCUT2D eigenvalue weighted by Gasteiger charge is -2.32. The quantitative estimate of drug-likeness (QED) is 0.944. The van der Waals surface area contributed by atoms with Crippen molar-refractivity contribution in [1.29, 1.82) is 0 Å². The molecule has 1 saturated heterocycles. The summed E-state index contributed by atoms with van der Waals surface area (Å²) < 4.78 is 0. The SMILES string of the molecule is Cc1cnc(C2CCCN(C(=O)Cc3ccc(Cl)cc3)C2)[nH]1. The van der Waals surface area contributed by atoms with Gasteiger partial charge < -0.3 is 9.88 Å². The third-order valence-corrected chi connectivity index (χ3v) is 4.40. The summed E-state index contributed by atoms with van der Waals surface area (Å²) in [5.74, 6) is 1.49. The number of hydrogen-bond donors (Lipinski definition) is 1. The van der Waals surface area contributed by atoms with E-state index in [0.717, 1.165) is 43.0 Å². The number of carbonyl (C=O) groups is 1.